The fraction of sp³-hybridized carbons (Fsp3) is 0.533. The lowest BCUT2D eigenvalue weighted by molar-refractivity contribution is -0.129. The van der Waals surface area contributed by atoms with Crippen LogP contribution in [0.2, 0.25) is 0 Å². The van der Waals surface area contributed by atoms with Gasteiger partial charge in [0.1, 0.15) is 6.04 Å². The molecule has 8 heteroatoms. The fourth-order valence-electron chi connectivity index (χ4n) is 2.35. The van der Waals surface area contributed by atoms with Crippen LogP contribution in [0.15, 0.2) is 18.2 Å². The average molecular weight is 330 g/mol. The number of amides is 1. The van der Waals surface area contributed by atoms with E-state index >= 15 is 0 Å². The van der Waals surface area contributed by atoms with Crippen molar-refractivity contribution in [2.75, 3.05) is 20.3 Å². The van der Waals surface area contributed by atoms with Gasteiger partial charge >= 0.3 is 6.61 Å². The van der Waals surface area contributed by atoms with E-state index in [1.54, 1.807) is 6.07 Å². The van der Waals surface area contributed by atoms with Crippen LogP contribution < -0.4 is 20.1 Å². The highest BCUT2D eigenvalue weighted by Gasteiger charge is 2.27. The summed E-state index contributed by atoms with van der Waals surface area (Å²) >= 11 is 0. The van der Waals surface area contributed by atoms with Crippen LogP contribution in [-0.2, 0) is 16.1 Å². The first kappa shape index (κ1) is 17.4. The summed E-state index contributed by atoms with van der Waals surface area (Å²) in [6.07, 6.45) is -0.225. The Kier molecular flexibility index (Phi) is 6.12. The molecule has 1 aromatic carbocycles. The Morgan fingerprint density at radius 3 is 2.91 bits per heavy atom. The Hall–Kier alpha value is -1.93. The van der Waals surface area contributed by atoms with Crippen molar-refractivity contribution in [3.8, 4) is 11.5 Å². The molecule has 0 unspecified atom stereocenters. The second kappa shape index (κ2) is 8.07. The predicted molar refractivity (Wildman–Crippen MR) is 78.7 cm³/mol. The van der Waals surface area contributed by atoms with Crippen LogP contribution in [0.3, 0.4) is 0 Å². The molecule has 23 heavy (non-hydrogen) atoms. The largest absolute Gasteiger partial charge is 0.493 e. The van der Waals surface area contributed by atoms with Gasteiger partial charge in [0.05, 0.1) is 19.8 Å². The zero-order valence-corrected chi connectivity index (χ0v) is 13.0. The van der Waals surface area contributed by atoms with Crippen LogP contribution >= 0.6 is 0 Å². The van der Waals surface area contributed by atoms with Crippen molar-refractivity contribution in [1.29, 1.82) is 0 Å². The predicted octanol–water partition coefficient (Wildman–Crippen LogP) is 1.29. The minimum atomic E-state index is -2.95. The van der Waals surface area contributed by atoms with E-state index in [2.05, 4.69) is 15.4 Å². The molecule has 1 saturated heterocycles. The number of benzene rings is 1. The van der Waals surface area contributed by atoms with E-state index in [9.17, 15) is 13.6 Å². The third-order valence-corrected chi connectivity index (χ3v) is 3.51. The minimum absolute atomic E-state index is 0.0678. The molecule has 2 N–H and O–H groups in total. The van der Waals surface area contributed by atoms with Crippen LogP contribution in [0.5, 0.6) is 11.5 Å². The zero-order chi connectivity index (χ0) is 16.8. The molecule has 2 atom stereocenters. The second-order valence-corrected chi connectivity index (χ2v) is 5.09. The van der Waals surface area contributed by atoms with E-state index in [0.717, 1.165) is 0 Å². The van der Waals surface area contributed by atoms with E-state index in [1.807, 2.05) is 6.92 Å². The van der Waals surface area contributed by atoms with Crippen molar-refractivity contribution >= 4 is 5.91 Å². The molecular formula is C15H20F2N2O4. The van der Waals surface area contributed by atoms with Crippen molar-refractivity contribution in [1.82, 2.24) is 10.6 Å². The molecule has 0 spiro atoms. The number of carbonyl (C=O) groups excluding carboxylic acids is 1. The van der Waals surface area contributed by atoms with Gasteiger partial charge in [0.15, 0.2) is 11.5 Å². The molecule has 1 heterocycles. The number of ether oxygens (including phenoxy) is 3. The molecule has 1 fully saturated rings. The van der Waals surface area contributed by atoms with Crippen LogP contribution in [0.4, 0.5) is 8.78 Å². The summed E-state index contributed by atoms with van der Waals surface area (Å²) in [7, 11) is 1.37. The van der Waals surface area contributed by atoms with Gasteiger partial charge in [-0.3, -0.25) is 4.79 Å². The van der Waals surface area contributed by atoms with E-state index in [4.69, 9.17) is 9.47 Å². The summed E-state index contributed by atoms with van der Waals surface area (Å²) in [5.41, 5.74) is 0.624. The molecule has 2 rings (SSSR count). The smallest absolute Gasteiger partial charge is 0.387 e. The maximum atomic E-state index is 12.4. The third kappa shape index (κ3) is 4.77. The fourth-order valence-corrected chi connectivity index (χ4v) is 2.35. The topological polar surface area (TPSA) is 68.8 Å². The number of methoxy groups -OCH3 is 1. The van der Waals surface area contributed by atoms with Gasteiger partial charge < -0.3 is 24.8 Å². The summed E-state index contributed by atoms with van der Waals surface area (Å²) < 4.78 is 39.6. The number of halogens is 2. The number of morpholine rings is 1. The second-order valence-electron chi connectivity index (χ2n) is 5.09. The van der Waals surface area contributed by atoms with Crippen LogP contribution in [0.1, 0.15) is 12.5 Å². The SMILES string of the molecule is COc1ccc(CNC(=O)[C@H]2NCCO[C@@H]2C)cc1OC(F)F. The number of hydrogen-bond acceptors (Lipinski definition) is 5. The molecule has 1 aliphatic rings. The van der Waals surface area contributed by atoms with E-state index in [-0.39, 0.29) is 30.1 Å². The first-order chi connectivity index (χ1) is 11.0. The number of carbonyl (C=O) groups is 1. The lowest BCUT2D eigenvalue weighted by Crippen LogP contribution is -2.55. The Morgan fingerprint density at radius 2 is 2.26 bits per heavy atom. The molecule has 0 saturated carbocycles. The zero-order valence-electron chi connectivity index (χ0n) is 13.0. The van der Waals surface area contributed by atoms with Gasteiger partial charge in [0.2, 0.25) is 5.91 Å². The molecule has 6 nitrogen and oxygen atoms in total. The third-order valence-electron chi connectivity index (χ3n) is 3.51. The molecule has 1 aromatic rings. The summed E-state index contributed by atoms with van der Waals surface area (Å²) in [5.74, 6) is -0.0672. The molecule has 0 aliphatic carbocycles. The van der Waals surface area contributed by atoms with Crippen LogP contribution in [-0.4, -0.2) is 44.9 Å². The van der Waals surface area contributed by atoms with Gasteiger partial charge in [0.25, 0.3) is 0 Å². The Morgan fingerprint density at radius 1 is 1.48 bits per heavy atom. The summed E-state index contributed by atoms with van der Waals surface area (Å²) in [6, 6.07) is 4.17. The number of alkyl halides is 2. The van der Waals surface area contributed by atoms with Crippen LogP contribution in [0, 0.1) is 0 Å². The maximum absolute atomic E-state index is 12.4. The first-order valence-corrected chi connectivity index (χ1v) is 7.25. The van der Waals surface area contributed by atoms with Crippen molar-refractivity contribution in [3.05, 3.63) is 23.8 Å². The highest BCUT2D eigenvalue weighted by Crippen LogP contribution is 2.29. The summed E-state index contributed by atoms with van der Waals surface area (Å²) in [6.45, 7) is 0.235. The molecule has 0 aromatic heterocycles. The van der Waals surface area contributed by atoms with Crippen molar-refractivity contribution in [3.63, 3.8) is 0 Å². The molecule has 0 bridgehead atoms. The quantitative estimate of drug-likeness (QED) is 0.823. The summed E-state index contributed by atoms with van der Waals surface area (Å²) in [4.78, 5) is 12.1. The van der Waals surface area contributed by atoms with Gasteiger partial charge in [-0.15, -0.1) is 0 Å². The van der Waals surface area contributed by atoms with E-state index in [1.165, 1.54) is 19.2 Å². The molecular weight excluding hydrogens is 310 g/mol. The van der Waals surface area contributed by atoms with Gasteiger partial charge in [-0.05, 0) is 24.6 Å². The molecule has 128 valence electrons. The highest BCUT2D eigenvalue weighted by atomic mass is 19.3. The average Bonchev–Trinajstić information content (AvgIpc) is 2.52. The first-order valence-electron chi connectivity index (χ1n) is 7.25. The normalized spacial score (nSPS) is 21.1. The molecule has 0 radical (unpaired) electrons. The van der Waals surface area contributed by atoms with Crippen molar-refractivity contribution in [2.24, 2.45) is 0 Å². The Balaban J connectivity index is 1.98. The van der Waals surface area contributed by atoms with Gasteiger partial charge in [0, 0.05) is 13.1 Å². The van der Waals surface area contributed by atoms with Gasteiger partial charge in [-0.25, -0.2) is 0 Å². The Labute approximate surface area is 133 Å². The van der Waals surface area contributed by atoms with Crippen molar-refractivity contribution in [2.45, 2.75) is 32.2 Å². The van der Waals surface area contributed by atoms with Crippen molar-refractivity contribution < 1.29 is 27.8 Å². The van der Waals surface area contributed by atoms with E-state index < -0.39 is 12.7 Å². The van der Waals surface area contributed by atoms with Crippen LogP contribution in [0.25, 0.3) is 0 Å². The van der Waals surface area contributed by atoms with Gasteiger partial charge in [-0.1, -0.05) is 6.07 Å². The minimum Gasteiger partial charge on any atom is -0.493 e. The number of nitrogens with one attached hydrogen (secondary N) is 2. The van der Waals surface area contributed by atoms with E-state index in [0.29, 0.717) is 18.7 Å². The van der Waals surface area contributed by atoms with Gasteiger partial charge in [-0.2, -0.15) is 8.78 Å². The number of hydrogen-bond donors (Lipinski definition) is 2. The number of rotatable bonds is 6. The monoisotopic (exact) mass is 330 g/mol. The molecule has 1 amide bonds. The molecule has 1 aliphatic heterocycles. The highest BCUT2D eigenvalue weighted by molar-refractivity contribution is 5.82. The maximum Gasteiger partial charge on any atom is 0.387 e. The Bertz CT molecular complexity index is 542. The standard InChI is InChI=1S/C15H20F2N2O4/c1-9-13(18-5-6-22-9)14(20)19-8-10-3-4-11(21-2)12(7-10)23-15(16)17/h3-4,7,9,13,15,18H,5-6,8H2,1-2H3,(H,19,20)/t9-,13+/m1/s1. The summed E-state index contributed by atoms with van der Waals surface area (Å²) in [5, 5.41) is 5.83. The lowest BCUT2D eigenvalue weighted by Gasteiger charge is -2.29. The lowest BCUT2D eigenvalue weighted by atomic mass is 10.1.